The molecule has 0 spiro atoms. The van der Waals surface area contributed by atoms with Crippen LogP contribution in [0, 0.1) is 6.92 Å². The van der Waals surface area contributed by atoms with E-state index >= 15 is 0 Å². The number of carbonyl (C=O) groups excluding carboxylic acids is 2. The summed E-state index contributed by atoms with van der Waals surface area (Å²) in [6.45, 7) is 1.91. The van der Waals surface area contributed by atoms with Gasteiger partial charge >= 0.3 is 6.05 Å². The number of aryl methyl sites for hydroxylation is 1. The third-order valence-electron chi connectivity index (χ3n) is 3.31. The SMILES string of the molecule is Cc1ccc(Nc2nc(NC(C=O)CC(N)(F)F)cnc2C(N)=O)cc1. The van der Waals surface area contributed by atoms with Gasteiger partial charge in [-0.05, 0) is 19.1 Å². The van der Waals surface area contributed by atoms with Crippen molar-refractivity contribution >= 4 is 29.5 Å². The Morgan fingerprint density at radius 3 is 2.54 bits per heavy atom. The van der Waals surface area contributed by atoms with Crippen LogP contribution in [0.5, 0.6) is 0 Å². The van der Waals surface area contributed by atoms with Crippen LogP contribution in [-0.2, 0) is 4.79 Å². The molecule has 10 heteroatoms. The topological polar surface area (TPSA) is 136 Å². The van der Waals surface area contributed by atoms with Crippen molar-refractivity contribution in [1.82, 2.24) is 9.97 Å². The Morgan fingerprint density at radius 1 is 1.35 bits per heavy atom. The van der Waals surface area contributed by atoms with Crippen molar-refractivity contribution in [2.45, 2.75) is 25.4 Å². The maximum Gasteiger partial charge on any atom is 0.302 e. The molecule has 0 aliphatic carbocycles. The summed E-state index contributed by atoms with van der Waals surface area (Å²) in [6.07, 6.45) is 0.486. The Bertz CT molecular complexity index is 792. The molecule has 8 nitrogen and oxygen atoms in total. The molecule has 1 amide bonds. The summed E-state index contributed by atoms with van der Waals surface area (Å²) in [4.78, 5) is 30.5. The Kier molecular flexibility index (Phi) is 5.78. The number of hydrogen-bond acceptors (Lipinski definition) is 7. The molecule has 2 rings (SSSR count). The normalized spacial score (nSPS) is 12.3. The summed E-state index contributed by atoms with van der Waals surface area (Å²) < 4.78 is 25.8. The van der Waals surface area contributed by atoms with Crippen LogP contribution < -0.4 is 22.1 Å². The molecule has 0 aliphatic heterocycles. The molecule has 1 atom stereocenters. The third-order valence-corrected chi connectivity index (χ3v) is 3.31. The van der Waals surface area contributed by atoms with Gasteiger partial charge in [-0.2, -0.15) is 8.78 Å². The van der Waals surface area contributed by atoms with E-state index in [2.05, 4.69) is 26.3 Å². The molecule has 1 aromatic heterocycles. The van der Waals surface area contributed by atoms with Gasteiger partial charge in [-0.3, -0.25) is 10.5 Å². The average molecular weight is 364 g/mol. The summed E-state index contributed by atoms with van der Waals surface area (Å²) in [7, 11) is 0. The van der Waals surface area contributed by atoms with E-state index in [4.69, 9.17) is 5.73 Å². The van der Waals surface area contributed by atoms with Gasteiger partial charge in [0, 0.05) is 5.69 Å². The number of nitrogens with one attached hydrogen (secondary N) is 2. The minimum absolute atomic E-state index is 0.00552. The van der Waals surface area contributed by atoms with Crippen molar-refractivity contribution in [3.63, 3.8) is 0 Å². The average Bonchev–Trinajstić information content (AvgIpc) is 2.55. The minimum atomic E-state index is -3.53. The van der Waals surface area contributed by atoms with Crippen LogP contribution in [0.25, 0.3) is 0 Å². The van der Waals surface area contributed by atoms with E-state index in [0.29, 0.717) is 5.69 Å². The third kappa shape index (κ3) is 5.45. The molecule has 26 heavy (non-hydrogen) atoms. The van der Waals surface area contributed by atoms with Crippen LogP contribution in [-0.4, -0.2) is 34.2 Å². The summed E-state index contributed by atoms with van der Waals surface area (Å²) in [5.41, 5.74) is 11.4. The van der Waals surface area contributed by atoms with Crippen LogP contribution in [0.1, 0.15) is 22.5 Å². The van der Waals surface area contributed by atoms with E-state index in [1.54, 1.807) is 12.1 Å². The summed E-state index contributed by atoms with van der Waals surface area (Å²) in [5, 5.41) is 5.38. The molecule has 0 fully saturated rings. The molecular weight excluding hydrogens is 346 g/mol. The largest absolute Gasteiger partial charge is 0.364 e. The second kappa shape index (κ2) is 7.83. The number of amides is 1. The Balaban J connectivity index is 2.28. The molecule has 2 aromatic rings. The molecule has 0 saturated carbocycles. The van der Waals surface area contributed by atoms with E-state index < -0.39 is 24.4 Å². The zero-order valence-corrected chi connectivity index (χ0v) is 13.9. The highest BCUT2D eigenvalue weighted by Crippen LogP contribution is 2.21. The van der Waals surface area contributed by atoms with Gasteiger partial charge in [0.25, 0.3) is 5.91 Å². The van der Waals surface area contributed by atoms with Crippen LogP contribution in [0.15, 0.2) is 30.5 Å². The van der Waals surface area contributed by atoms with Crippen molar-refractivity contribution in [1.29, 1.82) is 0 Å². The first-order valence-electron chi connectivity index (χ1n) is 7.57. The lowest BCUT2D eigenvalue weighted by molar-refractivity contribution is -0.110. The number of carbonyl (C=O) groups is 2. The summed E-state index contributed by atoms with van der Waals surface area (Å²) in [6, 6.07) is 2.38. The van der Waals surface area contributed by atoms with E-state index in [1.807, 2.05) is 19.1 Å². The number of benzene rings is 1. The molecular formula is C16H18F2N6O2. The molecule has 1 heterocycles. The lowest BCUT2D eigenvalue weighted by atomic mass is 10.2. The predicted octanol–water partition coefficient (Wildman–Crippen LogP) is 1.55. The fraction of sp³-hybridized carbons (Fsp3) is 0.250. The molecule has 0 radical (unpaired) electrons. The van der Waals surface area contributed by atoms with Crippen LogP contribution in [0.3, 0.4) is 0 Å². The van der Waals surface area contributed by atoms with Gasteiger partial charge in [0.1, 0.15) is 12.1 Å². The second-order valence-electron chi connectivity index (χ2n) is 5.66. The van der Waals surface area contributed by atoms with E-state index in [0.717, 1.165) is 11.8 Å². The Hall–Kier alpha value is -3.14. The second-order valence-corrected chi connectivity index (χ2v) is 5.66. The Labute approximate surface area is 148 Å². The Morgan fingerprint density at radius 2 is 2.00 bits per heavy atom. The van der Waals surface area contributed by atoms with Gasteiger partial charge in [0.15, 0.2) is 11.5 Å². The number of nitrogens with two attached hydrogens (primary N) is 2. The van der Waals surface area contributed by atoms with Crippen molar-refractivity contribution in [3.8, 4) is 0 Å². The maximum atomic E-state index is 12.9. The highest BCUT2D eigenvalue weighted by Gasteiger charge is 2.27. The monoisotopic (exact) mass is 364 g/mol. The quantitative estimate of drug-likeness (QED) is 0.412. The minimum Gasteiger partial charge on any atom is -0.364 e. The smallest absolute Gasteiger partial charge is 0.302 e. The van der Waals surface area contributed by atoms with E-state index in [9.17, 15) is 18.4 Å². The fourth-order valence-corrected chi connectivity index (χ4v) is 2.12. The number of hydrogen-bond donors (Lipinski definition) is 4. The van der Waals surface area contributed by atoms with E-state index in [-0.39, 0.29) is 23.6 Å². The zero-order chi connectivity index (χ0) is 19.3. The number of nitrogens with zero attached hydrogens (tertiary/aromatic N) is 2. The molecule has 0 bridgehead atoms. The van der Waals surface area contributed by atoms with Gasteiger partial charge in [-0.25, -0.2) is 9.97 Å². The number of aldehydes is 1. The predicted molar refractivity (Wildman–Crippen MR) is 92.2 cm³/mol. The number of rotatable bonds is 8. The zero-order valence-electron chi connectivity index (χ0n) is 13.9. The van der Waals surface area contributed by atoms with Crippen molar-refractivity contribution in [2.24, 2.45) is 11.5 Å². The van der Waals surface area contributed by atoms with Crippen LogP contribution in [0.2, 0.25) is 0 Å². The van der Waals surface area contributed by atoms with Gasteiger partial charge < -0.3 is 21.2 Å². The van der Waals surface area contributed by atoms with Gasteiger partial charge in [0.05, 0.1) is 18.7 Å². The highest BCUT2D eigenvalue weighted by atomic mass is 19.3. The standard InChI is InChI=1S/C16H18F2N6O2/c1-9-2-4-10(5-3-9)23-15-13(14(19)26)21-7-12(24-15)22-11(8-25)6-16(17,18)20/h2-5,7-8,11H,6,20H2,1H3,(H2,19,26)(H2,22,23,24). The van der Waals surface area contributed by atoms with Gasteiger partial charge in [-0.1, -0.05) is 17.7 Å². The fourth-order valence-electron chi connectivity index (χ4n) is 2.12. The number of primary amides is 1. The van der Waals surface area contributed by atoms with Crippen molar-refractivity contribution in [3.05, 3.63) is 41.7 Å². The molecule has 1 aromatic carbocycles. The van der Waals surface area contributed by atoms with Crippen LogP contribution in [0.4, 0.5) is 26.1 Å². The first kappa shape index (κ1) is 19.2. The van der Waals surface area contributed by atoms with Crippen LogP contribution >= 0.6 is 0 Å². The molecule has 138 valence electrons. The maximum absolute atomic E-state index is 12.9. The first-order chi connectivity index (χ1) is 12.2. The van der Waals surface area contributed by atoms with Crippen molar-refractivity contribution in [2.75, 3.05) is 10.6 Å². The number of aromatic nitrogens is 2. The van der Waals surface area contributed by atoms with Crippen molar-refractivity contribution < 1.29 is 18.4 Å². The molecule has 0 aliphatic rings. The summed E-state index contributed by atoms with van der Waals surface area (Å²) in [5.74, 6) is -0.791. The van der Waals surface area contributed by atoms with Gasteiger partial charge in [-0.15, -0.1) is 0 Å². The lowest BCUT2D eigenvalue weighted by Gasteiger charge is -2.18. The highest BCUT2D eigenvalue weighted by molar-refractivity contribution is 5.96. The molecule has 6 N–H and O–H groups in total. The van der Waals surface area contributed by atoms with Gasteiger partial charge in [0.2, 0.25) is 0 Å². The lowest BCUT2D eigenvalue weighted by Crippen LogP contribution is -2.37. The first-order valence-corrected chi connectivity index (χ1v) is 7.57. The summed E-state index contributed by atoms with van der Waals surface area (Å²) >= 11 is 0. The van der Waals surface area contributed by atoms with E-state index in [1.165, 1.54) is 0 Å². The number of alkyl halides is 2. The molecule has 1 unspecified atom stereocenters. The molecule has 0 saturated heterocycles. The number of halogens is 2. The number of anilines is 3.